The Bertz CT molecular complexity index is 152. The summed E-state index contributed by atoms with van der Waals surface area (Å²) >= 11 is 0. The Balaban J connectivity index is 3.65. The molecule has 13 heavy (non-hydrogen) atoms. The van der Waals surface area contributed by atoms with E-state index in [0.717, 1.165) is 19.3 Å². The van der Waals surface area contributed by atoms with Gasteiger partial charge in [0.1, 0.15) is 6.10 Å². The summed E-state index contributed by atoms with van der Waals surface area (Å²) in [5.74, 6) is -0.191. The summed E-state index contributed by atoms with van der Waals surface area (Å²) in [6.07, 6.45) is 7.10. The number of hydrogen-bond acceptors (Lipinski definition) is 2. The second kappa shape index (κ2) is 7.84. The fourth-order valence-electron chi connectivity index (χ4n) is 1.27. The third-order valence-electron chi connectivity index (χ3n) is 1.89. The van der Waals surface area contributed by atoms with Crippen molar-refractivity contribution >= 4 is 5.97 Å². The minimum absolute atomic E-state index is 0.0431. The molecule has 76 valence electrons. The van der Waals surface area contributed by atoms with Gasteiger partial charge in [0.15, 0.2) is 0 Å². The van der Waals surface area contributed by atoms with Gasteiger partial charge in [-0.2, -0.15) is 0 Å². The molecule has 0 radical (unpaired) electrons. The SMILES string of the molecule is C=CCC(CCCCC)OC(C)=O. The lowest BCUT2D eigenvalue weighted by molar-refractivity contribution is -0.146. The topological polar surface area (TPSA) is 26.3 Å². The zero-order valence-corrected chi connectivity index (χ0v) is 8.71. The number of unbranched alkanes of at least 4 members (excludes halogenated alkanes) is 2. The third-order valence-corrected chi connectivity index (χ3v) is 1.89. The minimum Gasteiger partial charge on any atom is -0.462 e. The molecule has 0 aliphatic rings. The molecule has 0 aromatic rings. The summed E-state index contributed by atoms with van der Waals surface area (Å²) < 4.78 is 5.13. The Morgan fingerprint density at radius 2 is 2.23 bits per heavy atom. The van der Waals surface area contributed by atoms with Crippen molar-refractivity contribution < 1.29 is 9.53 Å². The highest BCUT2D eigenvalue weighted by molar-refractivity contribution is 5.66. The van der Waals surface area contributed by atoms with Crippen molar-refractivity contribution in [1.29, 1.82) is 0 Å². The molecule has 2 nitrogen and oxygen atoms in total. The molecule has 0 aromatic carbocycles. The molecular formula is C11H20O2. The molecular weight excluding hydrogens is 164 g/mol. The number of hydrogen-bond donors (Lipinski definition) is 0. The molecule has 0 N–H and O–H groups in total. The van der Waals surface area contributed by atoms with Crippen LogP contribution in [0.5, 0.6) is 0 Å². The molecule has 0 spiro atoms. The van der Waals surface area contributed by atoms with Crippen molar-refractivity contribution in [3.63, 3.8) is 0 Å². The highest BCUT2D eigenvalue weighted by Gasteiger charge is 2.08. The van der Waals surface area contributed by atoms with Crippen LogP contribution < -0.4 is 0 Å². The van der Waals surface area contributed by atoms with Gasteiger partial charge in [-0.1, -0.05) is 25.8 Å². The van der Waals surface area contributed by atoms with E-state index in [9.17, 15) is 4.79 Å². The van der Waals surface area contributed by atoms with Crippen LogP contribution >= 0.6 is 0 Å². The van der Waals surface area contributed by atoms with Gasteiger partial charge < -0.3 is 4.74 Å². The van der Waals surface area contributed by atoms with Crippen LogP contribution in [0.15, 0.2) is 12.7 Å². The van der Waals surface area contributed by atoms with Crippen molar-refractivity contribution in [2.24, 2.45) is 0 Å². The van der Waals surface area contributed by atoms with Crippen molar-refractivity contribution in [3.8, 4) is 0 Å². The molecule has 0 aliphatic carbocycles. The van der Waals surface area contributed by atoms with Gasteiger partial charge in [0, 0.05) is 13.3 Å². The first-order valence-corrected chi connectivity index (χ1v) is 4.98. The average molecular weight is 184 g/mol. The standard InChI is InChI=1S/C11H20O2/c1-4-6-7-9-11(8-5-2)13-10(3)12/h5,11H,2,4,6-9H2,1,3H3. The van der Waals surface area contributed by atoms with Gasteiger partial charge in [-0.25, -0.2) is 0 Å². The van der Waals surface area contributed by atoms with E-state index in [-0.39, 0.29) is 12.1 Å². The number of rotatable bonds is 7. The number of esters is 1. The molecule has 0 amide bonds. The van der Waals surface area contributed by atoms with E-state index in [4.69, 9.17) is 4.74 Å². The van der Waals surface area contributed by atoms with Gasteiger partial charge in [-0.05, 0) is 12.8 Å². The van der Waals surface area contributed by atoms with Crippen molar-refractivity contribution in [2.75, 3.05) is 0 Å². The molecule has 2 heteroatoms. The number of ether oxygens (including phenoxy) is 1. The molecule has 0 aromatic heterocycles. The van der Waals surface area contributed by atoms with Crippen molar-refractivity contribution in [3.05, 3.63) is 12.7 Å². The molecule has 1 atom stereocenters. The second-order valence-corrected chi connectivity index (χ2v) is 3.25. The Morgan fingerprint density at radius 3 is 2.69 bits per heavy atom. The Hall–Kier alpha value is -0.790. The maximum Gasteiger partial charge on any atom is 0.302 e. The Morgan fingerprint density at radius 1 is 1.54 bits per heavy atom. The maximum atomic E-state index is 10.7. The van der Waals surface area contributed by atoms with Crippen LogP contribution in [0.3, 0.4) is 0 Å². The lowest BCUT2D eigenvalue weighted by Crippen LogP contribution is -2.15. The summed E-state index contributed by atoms with van der Waals surface area (Å²) in [6.45, 7) is 7.26. The van der Waals surface area contributed by atoms with E-state index in [1.54, 1.807) is 6.08 Å². The second-order valence-electron chi connectivity index (χ2n) is 3.25. The summed E-state index contributed by atoms with van der Waals surface area (Å²) in [7, 11) is 0. The predicted octanol–water partition coefficient (Wildman–Crippen LogP) is 3.07. The summed E-state index contributed by atoms with van der Waals surface area (Å²) in [5, 5.41) is 0. The van der Waals surface area contributed by atoms with Gasteiger partial charge in [0.05, 0.1) is 0 Å². The summed E-state index contributed by atoms with van der Waals surface area (Å²) in [6, 6.07) is 0. The van der Waals surface area contributed by atoms with Gasteiger partial charge in [0.25, 0.3) is 0 Å². The van der Waals surface area contributed by atoms with E-state index >= 15 is 0 Å². The maximum absolute atomic E-state index is 10.7. The van der Waals surface area contributed by atoms with Crippen LogP contribution in [0.1, 0.15) is 46.0 Å². The zero-order valence-electron chi connectivity index (χ0n) is 8.71. The summed E-state index contributed by atoms with van der Waals surface area (Å²) in [5.41, 5.74) is 0. The molecule has 1 unspecified atom stereocenters. The van der Waals surface area contributed by atoms with E-state index < -0.39 is 0 Å². The van der Waals surface area contributed by atoms with Crippen LogP contribution in [0.4, 0.5) is 0 Å². The lowest BCUT2D eigenvalue weighted by atomic mass is 10.1. The van der Waals surface area contributed by atoms with Gasteiger partial charge >= 0.3 is 5.97 Å². The highest BCUT2D eigenvalue weighted by atomic mass is 16.5. The van der Waals surface area contributed by atoms with Gasteiger partial charge in [0.2, 0.25) is 0 Å². The molecule has 0 heterocycles. The van der Waals surface area contributed by atoms with Gasteiger partial charge in [-0.15, -0.1) is 6.58 Å². The van der Waals surface area contributed by atoms with Crippen LogP contribution in [0, 0.1) is 0 Å². The molecule has 0 bridgehead atoms. The average Bonchev–Trinajstić information content (AvgIpc) is 2.04. The first-order chi connectivity index (χ1) is 6.20. The van der Waals surface area contributed by atoms with E-state index in [1.165, 1.54) is 19.8 Å². The highest BCUT2D eigenvalue weighted by Crippen LogP contribution is 2.10. The lowest BCUT2D eigenvalue weighted by Gasteiger charge is -2.14. The smallest absolute Gasteiger partial charge is 0.302 e. The Kier molecular flexibility index (Phi) is 7.36. The summed E-state index contributed by atoms with van der Waals surface area (Å²) in [4.78, 5) is 10.7. The largest absolute Gasteiger partial charge is 0.462 e. The fraction of sp³-hybridized carbons (Fsp3) is 0.727. The van der Waals surface area contributed by atoms with Crippen LogP contribution in [0.25, 0.3) is 0 Å². The van der Waals surface area contributed by atoms with Crippen LogP contribution in [-0.2, 0) is 9.53 Å². The normalized spacial score (nSPS) is 12.2. The monoisotopic (exact) mass is 184 g/mol. The van der Waals surface area contributed by atoms with E-state index in [2.05, 4.69) is 13.5 Å². The predicted molar refractivity (Wildman–Crippen MR) is 54.5 cm³/mol. The van der Waals surface area contributed by atoms with Gasteiger partial charge in [-0.3, -0.25) is 4.79 Å². The first kappa shape index (κ1) is 12.2. The molecule has 0 aliphatic heterocycles. The fourth-order valence-corrected chi connectivity index (χ4v) is 1.27. The molecule has 0 saturated heterocycles. The zero-order chi connectivity index (χ0) is 10.1. The first-order valence-electron chi connectivity index (χ1n) is 4.98. The number of carbonyl (C=O) groups excluding carboxylic acids is 1. The number of carbonyl (C=O) groups is 1. The molecule has 0 fully saturated rings. The molecule has 0 rings (SSSR count). The van der Waals surface area contributed by atoms with Crippen LogP contribution in [0.2, 0.25) is 0 Å². The van der Waals surface area contributed by atoms with Crippen LogP contribution in [-0.4, -0.2) is 12.1 Å². The molecule has 0 saturated carbocycles. The van der Waals surface area contributed by atoms with E-state index in [1.807, 2.05) is 0 Å². The van der Waals surface area contributed by atoms with Crippen molar-refractivity contribution in [1.82, 2.24) is 0 Å². The van der Waals surface area contributed by atoms with Crippen molar-refractivity contribution in [2.45, 2.75) is 52.1 Å². The quantitative estimate of drug-likeness (QED) is 0.345. The Labute approximate surface area is 81.0 Å². The third kappa shape index (κ3) is 7.57. The van der Waals surface area contributed by atoms with E-state index in [0.29, 0.717) is 0 Å². The minimum atomic E-state index is -0.191.